The summed E-state index contributed by atoms with van der Waals surface area (Å²) in [6.07, 6.45) is 6.34. The van der Waals surface area contributed by atoms with Crippen LogP contribution in [0, 0.1) is 5.92 Å². The van der Waals surface area contributed by atoms with Crippen LogP contribution in [-0.4, -0.2) is 6.04 Å². The van der Waals surface area contributed by atoms with Crippen molar-refractivity contribution in [1.29, 1.82) is 0 Å². The second-order valence-corrected chi connectivity index (χ2v) is 6.57. The number of rotatable bonds is 4. The lowest BCUT2D eigenvalue weighted by Gasteiger charge is -2.31. The maximum Gasteiger partial charge on any atom is 0.0595 e. The van der Waals surface area contributed by atoms with Crippen LogP contribution in [0.3, 0.4) is 0 Å². The van der Waals surface area contributed by atoms with E-state index in [-0.39, 0.29) is 0 Å². The molecule has 1 saturated carbocycles. The van der Waals surface area contributed by atoms with E-state index in [1.807, 2.05) is 12.1 Å². The van der Waals surface area contributed by atoms with Crippen molar-refractivity contribution in [2.24, 2.45) is 5.92 Å². The van der Waals surface area contributed by atoms with Crippen molar-refractivity contribution in [3.05, 3.63) is 33.8 Å². The van der Waals surface area contributed by atoms with Gasteiger partial charge in [0.25, 0.3) is 0 Å². The quantitative estimate of drug-likeness (QED) is 0.761. The summed E-state index contributed by atoms with van der Waals surface area (Å²) >= 11 is 12.1. The summed E-state index contributed by atoms with van der Waals surface area (Å²) in [4.78, 5) is 0. The molecule has 0 saturated heterocycles. The highest BCUT2D eigenvalue weighted by molar-refractivity contribution is 6.42. The van der Waals surface area contributed by atoms with Crippen LogP contribution in [0.2, 0.25) is 10.0 Å². The van der Waals surface area contributed by atoms with Crippen LogP contribution >= 0.6 is 23.2 Å². The molecule has 1 aliphatic carbocycles. The van der Waals surface area contributed by atoms with Crippen molar-refractivity contribution in [3.63, 3.8) is 0 Å². The first kappa shape index (κ1) is 15.2. The van der Waals surface area contributed by atoms with Crippen LogP contribution in [0.4, 0.5) is 0 Å². The van der Waals surface area contributed by atoms with Gasteiger partial charge in [-0.15, -0.1) is 0 Å². The predicted octanol–water partition coefficient (Wildman–Crippen LogP) is 5.61. The lowest BCUT2D eigenvalue weighted by Crippen LogP contribution is -2.35. The van der Waals surface area contributed by atoms with Gasteiger partial charge in [-0.2, -0.15) is 0 Å². The monoisotopic (exact) mass is 299 g/mol. The molecule has 0 bridgehead atoms. The van der Waals surface area contributed by atoms with Gasteiger partial charge in [0.2, 0.25) is 0 Å². The van der Waals surface area contributed by atoms with Gasteiger partial charge >= 0.3 is 0 Å². The van der Waals surface area contributed by atoms with Crippen molar-refractivity contribution >= 4 is 23.2 Å². The molecule has 1 nitrogen and oxygen atoms in total. The van der Waals surface area contributed by atoms with E-state index in [1.54, 1.807) is 0 Å². The van der Waals surface area contributed by atoms with E-state index < -0.39 is 0 Å². The van der Waals surface area contributed by atoms with Gasteiger partial charge in [-0.05, 0) is 55.7 Å². The molecule has 2 rings (SSSR count). The van der Waals surface area contributed by atoms with Crippen LogP contribution in [0.15, 0.2) is 18.2 Å². The molecule has 1 N–H and O–H groups in total. The fourth-order valence-electron chi connectivity index (χ4n) is 2.89. The van der Waals surface area contributed by atoms with Gasteiger partial charge in [0.05, 0.1) is 10.0 Å². The lowest BCUT2D eigenvalue weighted by atomic mass is 9.86. The molecule has 106 valence electrons. The highest BCUT2D eigenvalue weighted by Crippen LogP contribution is 2.29. The molecule has 0 aliphatic heterocycles. The third-order valence-electron chi connectivity index (χ3n) is 4.21. The van der Waals surface area contributed by atoms with Gasteiger partial charge in [-0.25, -0.2) is 0 Å². The summed E-state index contributed by atoms with van der Waals surface area (Å²) in [7, 11) is 0. The summed E-state index contributed by atoms with van der Waals surface area (Å²) in [5.74, 6) is 0.892. The summed E-state index contributed by atoms with van der Waals surface area (Å²) < 4.78 is 0. The third kappa shape index (κ3) is 4.11. The highest BCUT2D eigenvalue weighted by atomic mass is 35.5. The van der Waals surface area contributed by atoms with Crippen LogP contribution in [0.25, 0.3) is 0 Å². The lowest BCUT2D eigenvalue weighted by molar-refractivity contribution is 0.284. The van der Waals surface area contributed by atoms with E-state index in [4.69, 9.17) is 23.2 Å². The Kier molecular flexibility index (Phi) is 5.56. The molecule has 0 heterocycles. The summed E-state index contributed by atoms with van der Waals surface area (Å²) in [5, 5.41) is 5.07. The van der Waals surface area contributed by atoms with Crippen LogP contribution in [-0.2, 0) is 0 Å². The van der Waals surface area contributed by atoms with Crippen molar-refractivity contribution in [1.82, 2.24) is 5.32 Å². The first-order valence-corrected chi connectivity index (χ1v) is 8.06. The normalized spacial score (nSPS) is 25.3. The van der Waals surface area contributed by atoms with E-state index >= 15 is 0 Å². The average molecular weight is 300 g/mol. The van der Waals surface area contributed by atoms with E-state index in [1.165, 1.54) is 31.2 Å². The Bertz CT molecular complexity index is 411. The minimum atomic E-state index is 0.383. The SMILES string of the molecule is CCC(NC1CCC(C)CC1)c1ccc(Cl)c(Cl)c1. The molecule has 1 fully saturated rings. The zero-order valence-electron chi connectivity index (χ0n) is 11.8. The van der Waals surface area contributed by atoms with E-state index in [0.29, 0.717) is 22.1 Å². The average Bonchev–Trinajstić information content (AvgIpc) is 2.41. The van der Waals surface area contributed by atoms with Crippen LogP contribution < -0.4 is 5.32 Å². The van der Waals surface area contributed by atoms with Crippen molar-refractivity contribution in [2.75, 3.05) is 0 Å². The Morgan fingerprint density at radius 3 is 2.42 bits per heavy atom. The smallest absolute Gasteiger partial charge is 0.0595 e. The number of benzene rings is 1. The van der Waals surface area contributed by atoms with Gasteiger partial charge in [0.1, 0.15) is 0 Å². The number of nitrogens with one attached hydrogen (secondary N) is 1. The Morgan fingerprint density at radius 1 is 1.16 bits per heavy atom. The summed E-state index contributed by atoms with van der Waals surface area (Å²) in [6, 6.07) is 7.01. The molecule has 1 atom stereocenters. The molecule has 3 heteroatoms. The fourth-order valence-corrected chi connectivity index (χ4v) is 3.20. The van der Waals surface area contributed by atoms with Gasteiger partial charge < -0.3 is 5.32 Å². The number of halogens is 2. The molecular weight excluding hydrogens is 277 g/mol. The minimum absolute atomic E-state index is 0.383. The first-order chi connectivity index (χ1) is 9.10. The Morgan fingerprint density at radius 2 is 1.84 bits per heavy atom. The maximum absolute atomic E-state index is 6.12. The molecular formula is C16H23Cl2N. The second-order valence-electron chi connectivity index (χ2n) is 5.76. The molecule has 0 aromatic heterocycles. The number of hydrogen-bond donors (Lipinski definition) is 1. The van der Waals surface area contributed by atoms with Gasteiger partial charge in [-0.1, -0.05) is 43.1 Å². The third-order valence-corrected chi connectivity index (χ3v) is 4.95. The molecule has 1 aromatic carbocycles. The molecule has 0 amide bonds. The predicted molar refractivity (Wildman–Crippen MR) is 84.0 cm³/mol. The fraction of sp³-hybridized carbons (Fsp3) is 0.625. The summed E-state index contributed by atoms with van der Waals surface area (Å²) in [6.45, 7) is 4.57. The van der Waals surface area contributed by atoms with Crippen LogP contribution in [0.1, 0.15) is 57.6 Å². The molecule has 19 heavy (non-hydrogen) atoms. The molecule has 1 unspecified atom stereocenters. The van der Waals surface area contributed by atoms with Crippen LogP contribution in [0.5, 0.6) is 0 Å². The zero-order chi connectivity index (χ0) is 13.8. The van der Waals surface area contributed by atoms with E-state index in [0.717, 1.165) is 12.3 Å². The zero-order valence-corrected chi connectivity index (χ0v) is 13.3. The second kappa shape index (κ2) is 6.97. The van der Waals surface area contributed by atoms with Gasteiger partial charge in [0, 0.05) is 12.1 Å². The molecule has 0 spiro atoms. The van der Waals surface area contributed by atoms with E-state index in [9.17, 15) is 0 Å². The summed E-state index contributed by atoms with van der Waals surface area (Å²) in [5.41, 5.74) is 1.25. The van der Waals surface area contributed by atoms with Gasteiger partial charge in [0.15, 0.2) is 0 Å². The van der Waals surface area contributed by atoms with Crippen molar-refractivity contribution < 1.29 is 0 Å². The Labute approximate surface area is 126 Å². The Hall–Kier alpha value is -0.240. The molecule has 0 radical (unpaired) electrons. The minimum Gasteiger partial charge on any atom is -0.307 e. The molecule has 1 aromatic rings. The van der Waals surface area contributed by atoms with E-state index in [2.05, 4.69) is 25.2 Å². The topological polar surface area (TPSA) is 12.0 Å². The highest BCUT2D eigenvalue weighted by Gasteiger charge is 2.21. The largest absolute Gasteiger partial charge is 0.307 e. The maximum atomic E-state index is 6.12. The van der Waals surface area contributed by atoms with Crippen molar-refractivity contribution in [3.8, 4) is 0 Å². The number of hydrogen-bond acceptors (Lipinski definition) is 1. The molecule has 1 aliphatic rings. The standard InChI is InChI=1S/C16H23Cl2N/c1-3-16(12-6-9-14(17)15(18)10-12)19-13-7-4-11(2)5-8-13/h6,9-11,13,16,19H,3-5,7-8H2,1-2H3. The first-order valence-electron chi connectivity index (χ1n) is 7.31. The Balaban J connectivity index is 2.01. The van der Waals surface area contributed by atoms with Crippen molar-refractivity contribution in [2.45, 2.75) is 58.0 Å². The van der Waals surface area contributed by atoms with Gasteiger partial charge in [-0.3, -0.25) is 0 Å².